The lowest BCUT2D eigenvalue weighted by atomic mass is 10.0. The number of alkyl halides is 3. The molecule has 1 unspecified atom stereocenters. The second-order valence-corrected chi connectivity index (χ2v) is 4.29. The van der Waals surface area contributed by atoms with Gasteiger partial charge in [-0.3, -0.25) is 0 Å². The van der Waals surface area contributed by atoms with Gasteiger partial charge in [0.25, 0.3) is 0 Å². The summed E-state index contributed by atoms with van der Waals surface area (Å²) in [6.07, 6.45) is -5.05. The third-order valence-corrected chi connectivity index (χ3v) is 2.98. The zero-order valence-electron chi connectivity index (χ0n) is 10.1. The van der Waals surface area contributed by atoms with E-state index < -0.39 is 18.6 Å². The first-order valence-corrected chi connectivity index (χ1v) is 5.82. The molecular formula is C12H15ClF3NO. The molecule has 6 heteroatoms. The zero-order chi connectivity index (χ0) is 13.8. The van der Waals surface area contributed by atoms with E-state index in [4.69, 9.17) is 16.3 Å². The van der Waals surface area contributed by atoms with Gasteiger partial charge in [-0.15, -0.1) is 0 Å². The van der Waals surface area contributed by atoms with Crippen LogP contribution in [0.5, 0.6) is 5.75 Å². The maximum atomic E-state index is 12.2. The Hall–Kier alpha value is -0.940. The van der Waals surface area contributed by atoms with Crippen LogP contribution < -0.4 is 10.1 Å². The normalized spacial score (nSPS) is 13.4. The Morgan fingerprint density at radius 2 is 2.06 bits per heavy atom. The van der Waals surface area contributed by atoms with Gasteiger partial charge in [-0.05, 0) is 31.2 Å². The van der Waals surface area contributed by atoms with Crippen molar-refractivity contribution in [3.63, 3.8) is 0 Å². The summed E-state index contributed by atoms with van der Waals surface area (Å²) in [5, 5.41) is 3.24. The molecule has 0 aromatic heterocycles. The molecule has 1 aromatic carbocycles. The topological polar surface area (TPSA) is 21.3 Å². The predicted molar refractivity (Wildman–Crippen MR) is 65.1 cm³/mol. The molecule has 18 heavy (non-hydrogen) atoms. The molecule has 0 bridgehead atoms. The van der Waals surface area contributed by atoms with Gasteiger partial charge in [0, 0.05) is 17.5 Å². The van der Waals surface area contributed by atoms with Gasteiger partial charge in [-0.1, -0.05) is 17.7 Å². The average Bonchev–Trinajstić information content (AvgIpc) is 2.30. The fraction of sp³-hybridized carbons (Fsp3) is 0.500. The molecule has 0 heterocycles. The highest BCUT2D eigenvalue weighted by Gasteiger charge is 2.28. The van der Waals surface area contributed by atoms with Gasteiger partial charge in [0.05, 0.1) is 7.11 Å². The third-order valence-electron chi connectivity index (χ3n) is 2.65. The lowest BCUT2D eigenvalue weighted by Crippen LogP contribution is -2.20. The van der Waals surface area contributed by atoms with E-state index in [0.717, 1.165) is 0 Å². The molecule has 0 aliphatic heterocycles. The molecule has 1 rings (SSSR count). The van der Waals surface area contributed by atoms with E-state index in [1.165, 1.54) is 7.11 Å². The van der Waals surface area contributed by atoms with Crippen LogP contribution in [-0.2, 0) is 0 Å². The zero-order valence-corrected chi connectivity index (χ0v) is 10.9. The van der Waals surface area contributed by atoms with E-state index in [1.807, 2.05) is 0 Å². The number of hydrogen-bond acceptors (Lipinski definition) is 2. The molecule has 0 aliphatic rings. The van der Waals surface area contributed by atoms with Crippen molar-refractivity contribution in [1.82, 2.24) is 5.32 Å². The van der Waals surface area contributed by atoms with Crippen LogP contribution in [-0.4, -0.2) is 20.3 Å². The van der Waals surface area contributed by atoms with Crippen molar-refractivity contribution in [3.05, 3.63) is 28.8 Å². The van der Waals surface area contributed by atoms with E-state index in [1.54, 1.807) is 25.2 Å². The van der Waals surface area contributed by atoms with Gasteiger partial charge in [0.1, 0.15) is 5.75 Å². The molecule has 0 amide bonds. The van der Waals surface area contributed by atoms with E-state index in [9.17, 15) is 13.2 Å². The van der Waals surface area contributed by atoms with Crippen LogP contribution in [0.15, 0.2) is 18.2 Å². The van der Waals surface area contributed by atoms with Crippen LogP contribution in [0.3, 0.4) is 0 Å². The fourth-order valence-corrected chi connectivity index (χ4v) is 1.98. The summed E-state index contributed by atoms with van der Waals surface area (Å²) < 4.78 is 41.6. The van der Waals surface area contributed by atoms with Crippen LogP contribution in [0.25, 0.3) is 0 Å². The second-order valence-electron chi connectivity index (χ2n) is 3.88. The molecule has 0 fully saturated rings. The van der Waals surface area contributed by atoms with Crippen molar-refractivity contribution in [3.8, 4) is 5.75 Å². The van der Waals surface area contributed by atoms with Crippen LogP contribution >= 0.6 is 11.6 Å². The smallest absolute Gasteiger partial charge is 0.389 e. The van der Waals surface area contributed by atoms with Crippen molar-refractivity contribution in [2.45, 2.75) is 25.1 Å². The Bertz CT molecular complexity index is 395. The Balaban J connectivity index is 2.82. The second kappa shape index (κ2) is 6.29. The molecule has 1 aromatic rings. The van der Waals surface area contributed by atoms with Crippen LogP contribution in [0.1, 0.15) is 24.4 Å². The van der Waals surface area contributed by atoms with E-state index >= 15 is 0 Å². The van der Waals surface area contributed by atoms with E-state index in [2.05, 4.69) is 5.32 Å². The summed E-state index contributed by atoms with van der Waals surface area (Å²) in [4.78, 5) is 0. The first kappa shape index (κ1) is 15.1. The summed E-state index contributed by atoms with van der Waals surface area (Å²) in [6.45, 7) is 0. The SMILES string of the molecule is CNC(CCC(F)(F)F)c1ccc(OC)cc1Cl. The summed E-state index contributed by atoms with van der Waals surface area (Å²) in [5.74, 6) is 0.578. The van der Waals surface area contributed by atoms with E-state index in [0.29, 0.717) is 16.3 Å². The maximum Gasteiger partial charge on any atom is 0.389 e. The van der Waals surface area contributed by atoms with E-state index in [-0.39, 0.29) is 6.42 Å². The Labute approximate surface area is 109 Å². The van der Waals surface area contributed by atoms with Gasteiger partial charge >= 0.3 is 6.18 Å². The minimum Gasteiger partial charge on any atom is -0.497 e. The van der Waals surface area contributed by atoms with Crippen molar-refractivity contribution >= 4 is 11.6 Å². The van der Waals surface area contributed by atoms with Gasteiger partial charge in [0.2, 0.25) is 0 Å². The molecular weight excluding hydrogens is 267 g/mol. The monoisotopic (exact) mass is 281 g/mol. The number of halogens is 4. The first-order valence-electron chi connectivity index (χ1n) is 5.45. The highest BCUT2D eigenvalue weighted by molar-refractivity contribution is 6.31. The Morgan fingerprint density at radius 3 is 2.50 bits per heavy atom. The molecule has 0 saturated heterocycles. The molecule has 2 nitrogen and oxygen atoms in total. The number of rotatable bonds is 5. The van der Waals surface area contributed by atoms with Gasteiger partial charge in [-0.25, -0.2) is 0 Å². The lowest BCUT2D eigenvalue weighted by molar-refractivity contribution is -0.136. The van der Waals surface area contributed by atoms with Crippen molar-refractivity contribution in [1.29, 1.82) is 0 Å². The van der Waals surface area contributed by atoms with Gasteiger partial charge in [0.15, 0.2) is 0 Å². The van der Waals surface area contributed by atoms with Gasteiger partial charge < -0.3 is 10.1 Å². The maximum absolute atomic E-state index is 12.2. The molecule has 0 saturated carbocycles. The van der Waals surface area contributed by atoms with Crippen molar-refractivity contribution in [2.24, 2.45) is 0 Å². The summed E-state index contributed by atoms with van der Waals surface area (Å²) in [5.41, 5.74) is 0.643. The van der Waals surface area contributed by atoms with Crippen LogP contribution in [0.4, 0.5) is 13.2 Å². The quantitative estimate of drug-likeness (QED) is 0.882. The van der Waals surface area contributed by atoms with Gasteiger partial charge in [-0.2, -0.15) is 13.2 Å². The summed E-state index contributed by atoms with van der Waals surface area (Å²) in [7, 11) is 3.12. The highest BCUT2D eigenvalue weighted by atomic mass is 35.5. The minimum atomic E-state index is -4.16. The van der Waals surface area contributed by atoms with Crippen LogP contribution in [0.2, 0.25) is 5.02 Å². The molecule has 102 valence electrons. The highest BCUT2D eigenvalue weighted by Crippen LogP contribution is 2.32. The standard InChI is InChI=1S/C12H15ClF3NO/c1-17-11(5-6-12(14,15)16)9-4-3-8(18-2)7-10(9)13/h3-4,7,11,17H,5-6H2,1-2H3. The number of benzene rings is 1. The Kier molecular flexibility index (Phi) is 5.28. The average molecular weight is 282 g/mol. The Morgan fingerprint density at radius 1 is 1.39 bits per heavy atom. The number of nitrogens with one attached hydrogen (secondary N) is 1. The summed E-state index contributed by atoms with van der Waals surface area (Å²) in [6, 6.07) is 4.53. The molecule has 1 N–H and O–H groups in total. The summed E-state index contributed by atoms with van der Waals surface area (Å²) >= 11 is 6.03. The molecule has 0 spiro atoms. The minimum absolute atomic E-state index is 0.0496. The molecule has 0 aliphatic carbocycles. The number of methoxy groups -OCH3 is 1. The largest absolute Gasteiger partial charge is 0.497 e. The predicted octanol–water partition coefficient (Wildman–Crippen LogP) is 3.95. The number of ether oxygens (including phenoxy) is 1. The fourth-order valence-electron chi connectivity index (χ4n) is 1.68. The van der Waals surface area contributed by atoms with Crippen molar-refractivity contribution in [2.75, 3.05) is 14.2 Å². The molecule has 1 atom stereocenters. The number of hydrogen-bond donors (Lipinski definition) is 1. The third kappa shape index (κ3) is 4.38. The lowest BCUT2D eigenvalue weighted by Gasteiger charge is -2.19. The van der Waals surface area contributed by atoms with Crippen molar-refractivity contribution < 1.29 is 17.9 Å². The first-order chi connectivity index (χ1) is 8.37. The van der Waals surface area contributed by atoms with Crippen LogP contribution in [0, 0.1) is 0 Å². The molecule has 0 radical (unpaired) electrons.